The molecule has 1 aromatic carbocycles. The minimum atomic E-state index is -0.762. The zero-order chi connectivity index (χ0) is 18.1. The molecule has 0 spiro atoms. The summed E-state index contributed by atoms with van der Waals surface area (Å²) in [5, 5.41) is 15.4. The van der Waals surface area contributed by atoms with E-state index in [4.69, 9.17) is 0 Å². The first-order chi connectivity index (χ1) is 12.6. The molecule has 1 saturated carbocycles. The summed E-state index contributed by atoms with van der Waals surface area (Å²) < 4.78 is 0. The molecule has 1 saturated heterocycles. The van der Waals surface area contributed by atoms with Gasteiger partial charge in [-0.25, -0.2) is 9.78 Å². The van der Waals surface area contributed by atoms with E-state index < -0.39 is 11.4 Å². The third-order valence-electron chi connectivity index (χ3n) is 5.58. The van der Waals surface area contributed by atoms with Gasteiger partial charge in [-0.15, -0.1) is 11.3 Å². The molecule has 2 aliphatic rings. The van der Waals surface area contributed by atoms with Crippen LogP contribution in [0.25, 0.3) is 10.6 Å². The van der Waals surface area contributed by atoms with E-state index in [9.17, 15) is 14.7 Å². The lowest BCUT2D eigenvalue weighted by molar-refractivity contribution is -0.149. The van der Waals surface area contributed by atoms with Gasteiger partial charge in [0, 0.05) is 24.0 Å². The molecule has 0 bridgehead atoms. The highest BCUT2D eigenvalue weighted by molar-refractivity contribution is 7.13. The number of carbonyl (C=O) groups is 2. The normalized spacial score (nSPS) is 24.5. The van der Waals surface area contributed by atoms with E-state index in [0.717, 1.165) is 29.1 Å². The zero-order valence-corrected chi connectivity index (χ0v) is 15.2. The smallest absolute Gasteiger partial charge is 0.317 e. The Morgan fingerprint density at radius 1 is 1.35 bits per heavy atom. The number of benzene rings is 1. The molecule has 0 unspecified atom stereocenters. The van der Waals surface area contributed by atoms with Gasteiger partial charge in [0.05, 0.1) is 17.7 Å². The lowest BCUT2D eigenvalue weighted by atomic mass is 9.81. The van der Waals surface area contributed by atoms with E-state index in [2.05, 4.69) is 10.3 Å². The monoisotopic (exact) mass is 371 g/mol. The number of aromatic nitrogens is 1. The van der Waals surface area contributed by atoms with Crippen molar-refractivity contribution in [2.24, 2.45) is 11.3 Å². The van der Waals surface area contributed by atoms with Crippen LogP contribution >= 0.6 is 11.3 Å². The van der Waals surface area contributed by atoms with Crippen LogP contribution in [0.1, 0.15) is 25.0 Å². The average molecular weight is 371 g/mol. The molecule has 4 rings (SSSR count). The summed E-state index contributed by atoms with van der Waals surface area (Å²) in [6.07, 6.45) is 2.50. The Morgan fingerprint density at radius 3 is 2.88 bits per heavy atom. The molecule has 2 amide bonds. The maximum atomic E-state index is 12.5. The molecule has 26 heavy (non-hydrogen) atoms. The topological polar surface area (TPSA) is 82.5 Å². The molecule has 7 heteroatoms. The van der Waals surface area contributed by atoms with E-state index in [1.807, 2.05) is 35.7 Å². The Hall–Kier alpha value is -2.41. The van der Waals surface area contributed by atoms with Crippen molar-refractivity contribution in [2.75, 3.05) is 13.1 Å². The summed E-state index contributed by atoms with van der Waals surface area (Å²) in [6, 6.07) is 9.73. The number of hydrogen-bond donors (Lipinski definition) is 2. The van der Waals surface area contributed by atoms with Crippen molar-refractivity contribution in [3.8, 4) is 10.6 Å². The number of aliphatic carboxylic acids is 1. The SMILES string of the molecule is O=C(NCc1csc(-c2ccccc2)n1)N1C[C@@H]2CCC[C@@]2(C(=O)O)C1. The Labute approximate surface area is 155 Å². The predicted octanol–water partition coefficient (Wildman–Crippen LogP) is 3.21. The molecule has 1 aliphatic heterocycles. The summed E-state index contributed by atoms with van der Waals surface area (Å²) in [5.74, 6) is -0.683. The fraction of sp³-hybridized carbons (Fsp3) is 0.421. The van der Waals surface area contributed by atoms with Crippen molar-refractivity contribution in [3.05, 3.63) is 41.4 Å². The molecule has 1 aromatic heterocycles. The van der Waals surface area contributed by atoms with E-state index in [1.165, 1.54) is 0 Å². The molecule has 2 fully saturated rings. The van der Waals surface area contributed by atoms with Crippen LogP contribution in [0.15, 0.2) is 35.7 Å². The fourth-order valence-corrected chi connectivity index (χ4v) is 5.00. The minimum Gasteiger partial charge on any atom is -0.481 e. The van der Waals surface area contributed by atoms with Gasteiger partial charge in [0.15, 0.2) is 0 Å². The number of carboxylic acid groups (broad SMARTS) is 1. The molecular weight excluding hydrogens is 350 g/mol. The molecular formula is C19H21N3O3S. The quantitative estimate of drug-likeness (QED) is 0.865. The number of rotatable bonds is 4. The molecule has 2 aromatic rings. The van der Waals surface area contributed by atoms with Crippen molar-refractivity contribution in [1.29, 1.82) is 0 Å². The number of carbonyl (C=O) groups excluding carboxylic acids is 1. The van der Waals surface area contributed by atoms with E-state index >= 15 is 0 Å². The van der Waals surface area contributed by atoms with E-state index in [0.29, 0.717) is 26.1 Å². The van der Waals surface area contributed by atoms with Gasteiger partial charge < -0.3 is 15.3 Å². The summed E-state index contributed by atoms with van der Waals surface area (Å²) in [6.45, 7) is 1.19. The number of nitrogens with zero attached hydrogens (tertiary/aromatic N) is 2. The number of carboxylic acids is 1. The standard InChI is InChI=1S/C19H21N3O3S/c23-17(24)19-8-4-7-14(19)10-22(12-19)18(25)20-9-15-11-26-16(21-15)13-5-2-1-3-6-13/h1-3,5-6,11,14H,4,7-10,12H2,(H,20,25)(H,23,24)/t14-,19+/m0/s1. The Bertz CT molecular complexity index is 822. The van der Waals surface area contributed by atoms with E-state index in [-0.39, 0.29) is 11.9 Å². The summed E-state index contributed by atoms with van der Waals surface area (Å²) in [4.78, 5) is 30.4. The van der Waals surface area contributed by atoms with Gasteiger partial charge in [-0.05, 0) is 18.8 Å². The van der Waals surface area contributed by atoms with Crippen molar-refractivity contribution in [3.63, 3.8) is 0 Å². The third kappa shape index (κ3) is 2.96. The second-order valence-corrected chi connectivity index (χ2v) is 7.96. The summed E-state index contributed by atoms with van der Waals surface area (Å²) >= 11 is 1.55. The first-order valence-corrected chi connectivity index (χ1v) is 9.72. The van der Waals surface area contributed by atoms with Crippen LogP contribution in [0, 0.1) is 11.3 Å². The molecule has 2 atom stereocenters. The van der Waals surface area contributed by atoms with Crippen LogP contribution in [0.3, 0.4) is 0 Å². The maximum Gasteiger partial charge on any atom is 0.317 e. The van der Waals surface area contributed by atoms with Crippen molar-refractivity contribution in [1.82, 2.24) is 15.2 Å². The van der Waals surface area contributed by atoms with Crippen LogP contribution in [-0.4, -0.2) is 40.1 Å². The maximum absolute atomic E-state index is 12.5. The van der Waals surface area contributed by atoms with Gasteiger partial charge in [0.2, 0.25) is 0 Å². The number of nitrogens with one attached hydrogen (secondary N) is 1. The minimum absolute atomic E-state index is 0.0784. The van der Waals surface area contributed by atoms with Gasteiger partial charge in [0.1, 0.15) is 5.01 Å². The third-order valence-corrected chi connectivity index (χ3v) is 6.52. The number of hydrogen-bond acceptors (Lipinski definition) is 4. The molecule has 6 nitrogen and oxygen atoms in total. The van der Waals surface area contributed by atoms with Crippen LogP contribution in [0.4, 0.5) is 4.79 Å². The number of fused-ring (bicyclic) bond motifs is 1. The van der Waals surface area contributed by atoms with Crippen molar-refractivity contribution >= 4 is 23.3 Å². The number of thiazole rings is 1. The molecule has 136 valence electrons. The second kappa shape index (κ2) is 6.72. The van der Waals surface area contributed by atoms with Crippen molar-refractivity contribution in [2.45, 2.75) is 25.8 Å². The van der Waals surface area contributed by atoms with Crippen LogP contribution in [0.2, 0.25) is 0 Å². The van der Waals surface area contributed by atoms with Gasteiger partial charge >= 0.3 is 12.0 Å². The molecule has 2 heterocycles. The Kier molecular flexibility index (Phi) is 4.40. The lowest BCUT2D eigenvalue weighted by Gasteiger charge is -2.23. The van der Waals surface area contributed by atoms with Gasteiger partial charge in [-0.2, -0.15) is 0 Å². The Balaban J connectivity index is 1.37. The zero-order valence-electron chi connectivity index (χ0n) is 14.4. The fourth-order valence-electron chi connectivity index (χ4n) is 4.17. The van der Waals surface area contributed by atoms with Gasteiger partial charge in [-0.1, -0.05) is 36.8 Å². The van der Waals surface area contributed by atoms with Crippen LogP contribution in [0.5, 0.6) is 0 Å². The second-order valence-electron chi connectivity index (χ2n) is 7.10. The summed E-state index contributed by atoms with van der Waals surface area (Å²) in [5.41, 5.74) is 1.14. The van der Waals surface area contributed by atoms with Crippen molar-refractivity contribution < 1.29 is 14.7 Å². The average Bonchev–Trinajstić information content (AvgIpc) is 3.34. The molecule has 1 aliphatic carbocycles. The highest BCUT2D eigenvalue weighted by atomic mass is 32.1. The van der Waals surface area contributed by atoms with Gasteiger partial charge in [0.25, 0.3) is 0 Å². The highest BCUT2D eigenvalue weighted by Crippen LogP contribution is 2.48. The highest BCUT2D eigenvalue weighted by Gasteiger charge is 2.55. The Morgan fingerprint density at radius 2 is 2.15 bits per heavy atom. The molecule has 2 N–H and O–H groups in total. The van der Waals surface area contributed by atoms with Crippen LogP contribution in [-0.2, 0) is 11.3 Å². The largest absolute Gasteiger partial charge is 0.481 e. The number of urea groups is 1. The van der Waals surface area contributed by atoms with Crippen LogP contribution < -0.4 is 5.32 Å². The predicted molar refractivity (Wildman–Crippen MR) is 98.8 cm³/mol. The van der Waals surface area contributed by atoms with E-state index in [1.54, 1.807) is 16.2 Å². The number of likely N-dealkylation sites (tertiary alicyclic amines) is 1. The first kappa shape index (κ1) is 17.0. The first-order valence-electron chi connectivity index (χ1n) is 8.84. The number of amides is 2. The van der Waals surface area contributed by atoms with Gasteiger partial charge in [-0.3, -0.25) is 4.79 Å². The molecule has 0 radical (unpaired) electrons. The summed E-state index contributed by atoms with van der Waals surface area (Å²) in [7, 11) is 0. The lowest BCUT2D eigenvalue weighted by Crippen LogP contribution is -2.41.